The number of aromatic amines is 1. The molecule has 1 atom stereocenters. The number of aliphatic hydroxyl groups is 1. The minimum atomic E-state index is -0.204. The summed E-state index contributed by atoms with van der Waals surface area (Å²) in [5, 5.41) is 36.8. The Kier molecular flexibility index (Phi) is 12.1. The zero-order valence-electron chi connectivity index (χ0n) is 28.7. The standard InChI is InChI=1S/C38H41ClN8O4/c1-25-29(6-3-7-32(25)33-8-4-9-35(26(33)2)49-13-5-11-47-12-10-31(48)22-47)24-51-37-16-36(50-23-28-14-27(17-40)18-41-19-28)30(15-34(37)39)20-42-21-38-43-45-46-44-38/h3-4,6-9,14-16,18-19,31,42,48H,5,10-13,20-24H2,1-2H3,(H,43,44,45,46). The number of nitrogens with one attached hydrogen (secondary N) is 2. The molecule has 1 unspecified atom stereocenters. The van der Waals surface area contributed by atoms with Crippen LogP contribution in [-0.4, -0.2) is 68.0 Å². The molecule has 12 nitrogen and oxygen atoms in total. The van der Waals surface area contributed by atoms with Crippen LogP contribution >= 0.6 is 11.6 Å². The number of likely N-dealkylation sites (tertiary alicyclic amines) is 1. The van der Waals surface area contributed by atoms with Gasteiger partial charge in [-0.3, -0.25) is 4.98 Å². The minimum Gasteiger partial charge on any atom is -0.493 e. The molecule has 0 aliphatic carbocycles. The van der Waals surface area contributed by atoms with Crippen molar-refractivity contribution in [1.29, 1.82) is 5.26 Å². The van der Waals surface area contributed by atoms with E-state index < -0.39 is 0 Å². The van der Waals surface area contributed by atoms with Crippen LogP contribution in [0.2, 0.25) is 5.02 Å². The lowest BCUT2D eigenvalue weighted by Crippen LogP contribution is -2.24. The first-order valence-corrected chi connectivity index (χ1v) is 17.3. The Morgan fingerprint density at radius 1 is 0.961 bits per heavy atom. The molecular formula is C38H41ClN8O4. The molecule has 264 valence electrons. The van der Waals surface area contributed by atoms with Crippen molar-refractivity contribution in [1.82, 2.24) is 35.8 Å². The molecule has 5 aromatic rings. The second-order valence-corrected chi connectivity index (χ2v) is 13.0. The highest BCUT2D eigenvalue weighted by atomic mass is 35.5. The number of hydrogen-bond acceptors (Lipinski definition) is 11. The molecule has 2 aromatic heterocycles. The SMILES string of the molecule is Cc1c(COc2cc(OCc3cncc(C#N)c3)c(CNCc3nn[nH]n3)cc2Cl)cccc1-c1cccc(OCCCN2CCC(O)C2)c1C. The van der Waals surface area contributed by atoms with Crippen LogP contribution in [0.1, 0.15) is 52.0 Å². The van der Waals surface area contributed by atoms with E-state index in [0.717, 1.165) is 77.2 Å². The topological polar surface area (TPSA) is 154 Å². The van der Waals surface area contributed by atoms with E-state index in [9.17, 15) is 10.4 Å². The maximum atomic E-state index is 9.79. The highest BCUT2D eigenvalue weighted by Gasteiger charge is 2.20. The molecule has 6 rings (SSSR count). The number of pyridine rings is 1. The number of rotatable bonds is 16. The fourth-order valence-corrected chi connectivity index (χ4v) is 6.39. The quantitative estimate of drug-likeness (QED) is 0.108. The molecule has 3 heterocycles. The minimum absolute atomic E-state index is 0.202. The summed E-state index contributed by atoms with van der Waals surface area (Å²) in [6.07, 6.45) is 4.73. The molecule has 0 spiro atoms. The number of halogens is 1. The third kappa shape index (κ3) is 9.39. The lowest BCUT2D eigenvalue weighted by Gasteiger charge is -2.19. The van der Waals surface area contributed by atoms with Gasteiger partial charge in [-0.15, -0.1) is 10.2 Å². The molecule has 1 aliphatic heterocycles. The maximum Gasteiger partial charge on any atom is 0.188 e. The summed E-state index contributed by atoms with van der Waals surface area (Å²) in [4.78, 5) is 6.43. The van der Waals surface area contributed by atoms with Gasteiger partial charge >= 0.3 is 0 Å². The third-order valence-electron chi connectivity index (χ3n) is 8.95. The van der Waals surface area contributed by atoms with Crippen molar-refractivity contribution < 1.29 is 19.3 Å². The fourth-order valence-electron chi connectivity index (χ4n) is 6.15. The number of H-pyrrole nitrogens is 1. The van der Waals surface area contributed by atoms with Gasteiger partial charge in [0.15, 0.2) is 5.82 Å². The Hall–Kier alpha value is -5.06. The Morgan fingerprint density at radius 3 is 2.57 bits per heavy atom. The van der Waals surface area contributed by atoms with Crippen molar-refractivity contribution in [3.63, 3.8) is 0 Å². The van der Waals surface area contributed by atoms with E-state index in [1.165, 1.54) is 6.20 Å². The molecule has 3 N–H and O–H groups in total. The number of hydrogen-bond donors (Lipinski definition) is 3. The van der Waals surface area contributed by atoms with E-state index >= 15 is 0 Å². The van der Waals surface area contributed by atoms with Gasteiger partial charge in [-0.2, -0.15) is 10.5 Å². The molecule has 3 aromatic carbocycles. The molecule has 0 amide bonds. The van der Waals surface area contributed by atoms with E-state index in [1.54, 1.807) is 18.3 Å². The zero-order valence-corrected chi connectivity index (χ0v) is 29.5. The Labute approximate surface area is 302 Å². The first kappa shape index (κ1) is 35.8. The Bertz CT molecular complexity index is 1970. The van der Waals surface area contributed by atoms with Crippen LogP contribution in [0.3, 0.4) is 0 Å². The first-order valence-electron chi connectivity index (χ1n) is 16.9. The van der Waals surface area contributed by atoms with E-state index in [4.69, 9.17) is 25.8 Å². The number of aromatic nitrogens is 5. The molecule has 0 bridgehead atoms. The van der Waals surface area contributed by atoms with Crippen LogP contribution in [0, 0.1) is 25.2 Å². The molecular weight excluding hydrogens is 668 g/mol. The Balaban J connectivity index is 1.15. The van der Waals surface area contributed by atoms with E-state index in [1.807, 2.05) is 24.3 Å². The van der Waals surface area contributed by atoms with E-state index in [0.29, 0.717) is 54.2 Å². The molecule has 13 heteroatoms. The van der Waals surface area contributed by atoms with Gasteiger partial charge < -0.3 is 29.5 Å². The highest BCUT2D eigenvalue weighted by molar-refractivity contribution is 6.32. The summed E-state index contributed by atoms with van der Waals surface area (Å²) in [5.41, 5.74) is 7.45. The second kappa shape index (κ2) is 17.2. The van der Waals surface area contributed by atoms with Crippen LogP contribution < -0.4 is 19.5 Å². The number of nitrogens with zero attached hydrogens (tertiary/aromatic N) is 6. The number of aliphatic hydroxyl groups excluding tert-OH is 1. The number of nitriles is 1. The van der Waals surface area contributed by atoms with Crippen LogP contribution in [-0.2, 0) is 26.3 Å². The Morgan fingerprint density at radius 2 is 1.78 bits per heavy atom. The zero-order chi connectivity index (χ0) is 35.6. The first-order chi connectivity index (χ1) is 24.9. The molecule has 1 saturated heterocycles. The van der Waals surface area contributed by atoms with Crippen LogP contribution in [0.4, 0.5) is 0 Å². The highest BCUT2D eigenvalue weighted by Crippen LogP contribution is 2.36. The number of β-amino-alcohol motifs (C(OH)–C–C–N with tert-alkyl or cyclic N) is 1. The van der Waals surface area contributed by atoms with Crippen molar-refractivity contribution in [2.45, 2.75) is 59.1 Å². The summed E-state index contributed by atoms with van der Waals surface area (Å²) in [6, 6.07) is 19.9. The van der Waals surface area contributed by atoms with Gasteiger partial charge in [0.1, 0.15) is 36.5 Å². The summed E-state index contributed by atoms with van der Waals surface area (Å²) in [6.45, 7) is 8.74. The van der Waals surface area contributed by atoms with Crippen LogP contribution in [0.5, 0.6) is 17.2 Å². The van der Waals surface area contributed by atoms with Gasteiger partial charge in [-0.05, 0) is 72.7 Å². The lowest BCUT2D eigenvalue weighted by molar-refractivity contribution is 0.173. The van der Waals surface area contributed by atoms with Gasteiger partial charge in [-0.25, -0.2) is 0 Å². The van der Waals surface area contributed by atoms with Gasteiger partial charge in [0.05, 0.1) is 29.8 Å². The normalized spacial score (nSPS) is 14.4. The third-order valence-corrected chi connectivity index (χ3v) is 9.24. The van der Waals surface area contributed by atoms with Crippen LogP contribution in [0.15, 0.2) is 67.0 Å². The summed E-state index contributed by atoms with van der Waals surface area (Å²) in [5.74, 6) is 2.46. The van der Waals surface area contributed by atoms with Crippen molar-refractivity contribution in [2.75, 3.05) is 26.2 Å². The van der Waals surface area contributed by atoms with Crippen molar-refractivity contribution in [2.24, 2.45) is 0 Å². The largest absolute Gasteiger partial charge is 0.493 e. The smallest absolute Gasteiger partial charge is 0.188 e. The van der Waals surface area contributed by atoms with E-state index in [2.05, 4.69) is 73.9 Å². The molecule has 1 aliphatic rings. The van der Waals surface area contributed by atoms with Gasteiger partial charge in [-0.1, -0.05) is 47.1 Å². The molecule has 51 heavy (non-hydrogen) atoms. The number of benzene rings is 3. The maximum absolute atomic E-state index is 9.79. The van der Waals surface area contributed by atoms with Gasteiger partial charge in [0.25, 0.3) is 0 Å². The van der Waals surface area contributed by atoms with Crippen molar-refractivity contribution in [3.8, 4) is 34.4 Å². The average molecular weight is 709 g/mol. The van der Waals surface area contributed by atoms with E-state index in [-0.39, 0.29) is 12.7 Å². The number of tetrazole rings is 1. The van der Waals surface area contributed by atoms with Gasteiger partial charge in [0.2, 0.25) is 0 Å². The predicted octanol–water partition coefficient (Wildman–Crippen LogP) is 5.69. The summed E-state index contributed by atoms with van der Waals surface area (Å²) in [7, 11) is 0. The molecule has 0 radical (unpaired) electrons. The molecule has 0 saturated carbocycles. The van der Waals surface area contributed by atoms with Gasteiger partial charge in [0, 0.05) is 55.8 Å². The lowest BCUT2D eigenvalue weighted by atomic mass is 9.93. The number of ether oxygens (including phenoxy) is 3. The fraction of sp³-hybridized carbons (Fsp3) is 0.342. The summed E-state index contributed by atoms with van der Waals surface area (Å²) >= 11 is 6.78. The van der Waals surface area contributed by atoms with Crippen molar-refractivity contribution in [3.05, 3.63) is 111 Å². The second-order valence-electron chi connectivity index (χ2n) is 12.6. The average Bonchev–Trinajstić information content (AvgIpc) is 3.82. The molecule has 1 fully saturated rings. The van der Waals surface area contributed by atoms with Crippen LogP contribution in [0.25, 0.3) is 11.1 Å². The summed E-state index contributed by atoms with van der Waals surface area (Å²) < 4.78 is 18.8. The monoisotopic (exact) mass is 708 g/mol. The van der Waals surface area contributed by atoms with Crippen molar-refractivity contribution >= 4 is 11.6 Å². The predicted molar refractivity (Wildman–Crippen MR) is 192 cm³/mol.